The predicted molar refractivity (Wildman–Crippen MR) is 73.5 cm³/mol. The van der Waals surface area contributed by atoms with E-state index in [-0.39, 0.29) is 12.8 Å². The molecule has 1 nitrogen and oxygen atoms in total. The molecule has 1 aromatic carbocycles. The highest BCUT2D eigenvalue weighted by Gasteiger charge is 2.33. The van der Waals surface area contributed by atoms with Crippen molar-refractivity contribution in [3.8, 4) is 0 Å². The number of halogens is 4. The number of rotatable bonds is 3. The number of hydrogen-bond donors (Lipinski definition) is 0. The first-order chi connectivity index (χ1) is 8.46. The van der Waals surface area contributed by atoms with Gasteiger partial charge in [-0.2, -0.15) is 0 Å². The van der Waals surface area contributed by atoms with Gasteiger partial charge in [0, 0.05) is 42.0 Å². The summed E-state index contributed by atoms with van der Waals surface area (Å²) in [5.41, 5.74) is 1.06. The van der Waals surface area contributed by atoms with Crippen molar-refractivity contribution >= 4 is 27.5 Å². The van der Waals surface area contributed by atoms with Crippen LogP contribution in [-0.4, -0.2) is 30.5 Å². The van der Waals surface area contributed by atoms with Gasteiger partial charge >= 0.3 is 0 Å². The molecule has 0 N–H and O–H groups in total. The highest BCUT2D eigenvalue weighted by atomic mass is 79.9. The van der Waals surface area contributed by atoms with Crippen molar-refractivity contribution in [1.82, 2.24) is 4.90 Å². The predicted octanol–water partition coefficient (Wildman–Crippen LogP) is 4.38. The van der Waals surface area contributed by atoms with Crippen LogP contribution in [0.25, 0.3) is 0 Å². The summed E-state index contributed by atoms with van der Waals surface area (Å²) in [6, 6.07) is 5.74. The molecule has 1 aliphatic heterocycles. The lowest BCUT2D eigenvalue weighted by molar-refractivity contribution is -0.0548. The summed E-state index contributed by atoms with van der Waals surface area (Å²) in [6.07, 6.45) is 0.738. The van der Waals surface area contributed by atoms with Crippen LogP contribution >= 0.6 is 27.5 Å². The molecular formula is C13H15BrClF2N. The van der Waals surface area contributed by atoms with Crippen molar-refractivity contribution < 1.29 is 8.78 Å². The maximum absolute atomic E-state index is 13.0. The molecule has 0 atom stereocenters. The molecule has 5 heteroatoms. The Morgan fingerprint density at radius 3 is 2.61 bits per heavy atom. The van der Waals surface area contributed by atoms with E-state index in [1.165, 1.54) is 0 Å². The molecule has 1 saturated heterocycles. The van der Waals surface area contributed by atoms with Gasteiger partial charge in [-0.05, 0) is 30.2 Å². The first-order valence-corrected chi connectivity index (χ1v) is 7.17. The molecule has 100 valence electrons. The van der Waals surface area contributed by atoms with Gasteiger partial charge in [-0.15, -0.1) is 0 Å². The molecule has 0 aromatic heterocycles. The van der Waals surface area contributed by atoms with Crippen LogP contribution in [0.15, 0.2) is 22.7 Å². The highest BCUT2D eigenvalue weighted by Crippen LogP contribution is 2.28. The van der Waals surface area contributed by atoms with Gasteiger partial charge in [-0.25, -0.2) is 8.78 Å². The number of hydrogen-bond acceptors (Lipinski definition) is 1. The van der Waals surface area contributed by atoms with E-state index in [2.05, 4.69) is 20.8 Å². The molecule has 0 radical (unpaired) electrons. The van der Waals surface area contributed by atoms with E-state index in [4.69, 9.17) is 11.6 Å². The molecule has 0 unspecified atom stereocenters. The van der Waals surface area contributed by atoms with Gasteiger partial charge in [0.15, 0.2) is 0 Å². The Hall–Kier alpha value is -0.190. The van der Waals surface area contributed by atoms with Gasteiger partial charge in [0.05, 0.1) is 0 Å². The molecule has 1 aromatic rings. The van der Waals surface area contributed by atoms with Crippen LogP contribution in [0, 0.1) is 0 Å². The SMILES string of the molecule is FC1(F)CCN(CCc2cc(Br)ccc2Cl)CC1. The fourth-order valence-electron chi connectivity index (χ4n) is 2.12. The first-order valence-electron chi connectivity index (χ1n) is 6.00. The summed E-state index contributed by atoms with van der Waals surface area (Å²) in [6.45, 7) is 1.73. The van der Waals surface area contributed by atoms with E-state index in [1.807, 2.05) is 18.2 Å². The van der Waals surface area contributed by atoms with Crippen LogP contribution in [0.1, 0.15) is 18.4 Å². The Kier molecular flexibility index (Phi) is 4.62. The zero-order valence-electron chi connectivity index (χ0n) is 9.93. The smallest absolute Gasteiger partial charge is 0.250 e. The minimum absolute atomic E-state index is 0.0286. The second-order valence-corrected chi connectivity index (χ2v) is 6.01. The molecule has 18 heavy (non-hydrogen) atoms. The van der Waals surface area contributed by atoms with Crippen molar-refractivity contribution in [2.45, 2.75) is 25.2 Å². The highest BCUT2D eigenvalue weighted by molar-refractivity contribution is 9.10. The lowest BCUT2D eigenvalue weighted by Crippen LogP contribution is -2.40. The molecule has 0 saturated carbocycles. The summed E-state index contributed by atoms with van der Waals surface area (Å²) in [5, 5.41) is 0.737. The minimum Gasteiger partial charge on any atom is -0.303 e. The average molecular weight is 339 g/mol. The number of benzene rings is 1. The van der Waals surface area contributed by atoms with Crippen molar-refractivity contribution in [1.29, 1.82) is 0 Å². The van der Waals surface area contributed by atoms with Gasteiger partial charge < -0.3 is 4.90 Å². The number of piperidine rings is 1. The molecule has 0 amide bonds. The maximum atomic E-state index is 13.0. The maximum Gasteiger partial charge on any atom is 0.250 e. The van der Waals surface area contributed by atoms with Gasteiger partial charge in [0.1, 0.15) is 0 Å². The molecule has 1 aliphatic rings. The Balaban J connectivity index is 1.87. The van der Waals surface area contributed by atoms with Gasteiger partial charge in [-0.1, -0.05) is 27.5 Å². The van der Waals surface area contributed by atoms with E-state index < -0.39 is 5.92 Å². The topological polar surface area (TPSA) is 3.24 Å². The van der Waals surface area contributed by atoms with Crippen LogP contribution in [0.5, 0.6) is 0 Å². The van der Waals surface area contributed by atoms with Crippen molar-refractivity contribution in [2.75, 3.05) is 19.6 Å². The minimum atomic E-state index is -2.47. The molecule has 0 bridgehead atoms. The molecule has 1 fully saturated rings. The lowest BCUT2D eigenvalue weighted by Gasteiger charge is -2.31. The Morgan fingerprint density at radius 1 is 1.28 bits per heavy atom. The molecule has 0 aliphatic carbocycles. The van der Waals surface area contributed by atoms with Crippen molar-refractivity contribution in [3.63, 3.8) is 0 Å². The summed E-state index contributed by atoms with van der Waals surface area (Å²) >= 11 is 9.51. The third-order valence-electron chi connectivity index (χ3n) is 3.29. The second kappa shape index (κ2) is 5.85. The van der Waals surface area contributed by atoms with E-state index in [1.54, 1.807) is 0 Å². The van der Waals surface area contributed by atoms with Crippen LogP contribution in [0.3, 0.4) is 0 Å². The van der Waals surface area contributed by atoms with Crippen LogP contribution in [-0.2, 0) is 6.42 Å². The fourth-order valence-corrected chi connectivity index (χ4v) is 2.74. The molecule has 2 rings (SSSR count). The first kappa shape index (κ1) is 14.2. The third kappa shape index (κ3) is 3.90. The standard InChI is InChI=1S/C13H15BrClF2N/c14-11-1-2-12(15)10(9-11)3-6-18-7-4-13(16,17)5-8-18/h1-2,9H,3-8H2. The summed E-state index contributed by atoms with van der Waals surface area (Å²) in [4.78, 5) is 2.08. The molecule has 0 spiro atoms. The van der Waals surface area contributed by atoms with E-state index >= 15 is 0 Å². The van der Waals surface area contributed by atoms with E-state index in [9.17, 15) is 8.78 Å². The monoisotopic (exact) mass is 337 g/mol. The van der Waals surface area contributed by atoms with Gasteiger partial charge in [0.25, 0.3) is 5.92 Å². The van der Waals surface area contributed by atoms with Crippen LogP contribution in [0.4, 0.5) is 8.78 Å². The van der Waals surface area contributed by atoms with Gasteiger partial charge in [0.2, 0.25) is 0 Å². The third-order valence-corrected chi connectivity index (χ3v) is 4.15. The molecular weight excluding hydrogens is 324 g/mol. The second-order valence-electron chi connectivity index (χ2n) is 4.68. The van der Waals surface area contributed by atoms with Crippen molar-refractivity contribution in [3.05, 3.63) is 33.3 Å². The fraction of sp³-hybridized carbons (Fsp3) is 0.538. The Morgan fingerprint density at radius 2 is 1.94 bits per heavy atom. The largest absolute Gasteiger partial charge is 0.303 e. The normalized spacial score (nSPS) is 20.0. The summed E-state index contributed by atoms with van der Waals surface area (Å²) in [7, 11) is 0. The van der Waals surface area contributed by atoms with E-state index in [0.29, 0.717) is 13.1 Å². The average Bonchev–Trinajstić information content (AvgIpc) is 2.32. The van der Waals surface area contributed by atoms with E-state index in [0.717, 1.165) is 28.0 Å². The lowest BCUT2D eigenvalue weighted by atomic mass is 10.1. The molecule has 1 heterocycles. The summed E-state index contributed by atoms with van der Waals surface area (Å²) < 4.78 is 27.0. The zero-order chi connectivity index (χ0) is 13.2. The van der Waals surface area contributed by atoms with Crippen LogP contribution < -0.4 is 0 Å². The number of nitrogens with zero attached hydrogens (tertiary/aromatic N) is 1. The van der Waals surface area contributed by atoms with Gasteiger partial charge in [-0.3, -0.25) is 0 Å². The number of alkyl halides is 2. The Labute approximate surface area is 119 Å². The summed E-state index contributed by atoms with van der Waals surface area (Å²) in [5.74, 6) is -2.47. The Bertz CT molecular complexity index is 415. The zero-order valence-corrected chi connectivity index (χ0v) is 12.3. The van der Waals surface area contributed by atoms with Crippen LogP contribution in [0.2, 0.25) is 5.02 Å². The number of likely N-dealkylation sites (tertiary alicyclic amines) is 1. The quantitative estimate of drug-likeness (QED) is 0.791. The van der Waals surface area contributed by atoms with Crippen molar-refractivity contribution in [2.24, 2.45) is 0 Å².